The van der Waals surface area contributed by atoms with Crippen molar-refractivity contribution in [3.8, 4) is 0 Å². The van der Waals surface area contributed by atoms with E-state index in [1.807, 2.05) is 0 Å². The molecule has 7 nitrogen and oxygen atoms in total. The highest BCUT2D eigenvalue weighted by Gasteiger charge is 2.42. The quantitative estimate of drug-likeness (QED) is 0.768. The van der Waals surface area contributed by atoms with Gasteiger partial charge in [-0.05, 0) is 25.7 Å². The summed E-state index contributed by atoms with van der Waals surface area (Å²) >= 11 is 0. The minimum Gasteiger partial charge on any atom is -0.479 e. The van der Waals surface area contributed by atoms with E-state index in [1.54, 1.807) is 14.1 Å². The van der Waals surface area contributed by atoms with Crippen LogP contribution in [0.4, 0.5) is 0 Å². The monoisotopic (exact) mass is 284 g/mol. The van der Waals surface area contributed by atoms with Gasteiger partial charge in [0.2, 0.25) is 5.91 Å². The third-order valence-electron chi connectivity index (χ3n) is 3.83. The molecule has 3 atom stereocenters. The summed E-state index contributed by atoms with van der Waals surface area (Å²) in [7, 11) is 3.33. The fourth-order valence-electron chi connectivity index (χ4n) is 2.77. The molecule has 2 fully saturated rings. The molecule has 0 aromatic carbocycles. The molecule has 3 unspecified atom stereocenters. The van der Waals surface area contributed by atoms with Gasteiger partial charge >= 0.3 is 5.97 Å². The van der Waals surface area contributed by atoms with E-state index < -0.39 is 24.2 Å². The Morgan fingerprint density at radius 1 is 1.15 bits per heavy atom. The van der Waals surface area contributed by atoms with E-state index in [1.165, 1.54) is 9.80 Å². The molecule has 2 rings (SSSR count). The predicted octanol–water partition coefficient (Wildman–Crippen LogP) is -0.302. The number of likely N-dealkylation sites (tertiary alicyclic amines) is 1. The molecule has 2 saturated heterocycles. The van der Waals surface area contributed by atoms with Gasteiger partial charge < -0.3 is 19.6 Å². The first kappa shape index (κ1) is 14.8. The number of carbonyl (C=O) groups is 3. The summed E-state index contributed by atoms with van der Waals surface area (Å²) in [6, 6.07) is -0.440. The Morgan fingerprint density at radius 3 is 2.35 bits per heavy atom. The normalized spacial score (nSPS) is 29.5. The van der Waals surface area contributed by atoms with Crippen molar-refractivity contribution in [1.29, 1.82) is 0 Å². The maximum Gasteiger partial charge on any atom is 0.332 e. The highest BCUT2D eigenvalue weighted by Crippen LogP contribution is 2.26. The van der Waals surface area contributed by atoms with Crippen LogP contribution in [-0.4, -0.2) is 71.6 Å². The minimum atomic E-state index is -1.04. The topological polar surface area (TPSA) is 87.2 Å². The van der Waals surface area contributed by atoms with Crippen LogP contribution in [0.2, 0.25) is 0 Å². The molecule has 0 aromatic rings. The van der Waals surface area contributed by atoms with Crippen LogP contribution in [-0.2, 0) is 19.1 Å². The van der Waals surface area contributed by atoms with Crippen LogP contribution in [0, 0.1) is 0 Å². The Hall–Kier alpha value is -1.63. The molecule has 0 radical (unpaired) electrons. The molecular formula is C13H20N2O5. The van der Waals surface area contributed by atoms with Crippen LogP contribution < -0.4 is 0 Å². The lowest BCUT2D eigenvalue weighted by Gasteiger charge is -2.28. The summed E-state index contributed by atoms with van der Waals surface area (Å²) in [6.07, 6.45) is 0.533. The lowest BCUT2D eigenvalue weighted by Crippen LogP contribution is -2.48. The molecule has 112 valence electrons. The van der Waals surface area contributed by atoms with Crippen molar-refractivity contribution in [2.24, 2.45) is 0 Å². The standard InChI is InChI=1S/C13H20N2O5/c1-14(2)11(16)8-4-3-7-15(8)12(17)9-5-6-10(20-9)13(18)19/h8-10H,3-7H2,1-2H3,(H,18,19). The smallest absolute Gasteiger partial charge is 0.332 e. The summed E-state index contributed by atoms with van der Waals surface area (Å²) in [5.41, 5.74) is 0. The van der Waals surface area contributed by atoms with E-state index in [0.29, 0.717) is 25.8 Å². The van der Waals surface area contributed by atoms with Gasteiger partial charge in [-0.15, -0.1) is 0 Å². The van der Waals surface area contributed by atoms with Crippen LogP contribution in [0.5, 0.6) is 0 Å². The van der Waals surface area contributed by atoms with Crippen LogP contribution in [0.1, 0.15) is 25.7 Å². The molecule has 2 aliphatic heterocycles. The average Bonchev–Trinajstić information content (AvgIpc) is 3.05. The fourth-order valence-corrected chi connectivity index (χ4v) is 2.77. The molecular weight excluding hydrogens is 264 g/mol. The molecule has 1 N–H and O–H groups in total. The summed E-state index contributed by atoms with van der Waals surface area (Å²) in [5, 5.41) is 8.88. The Bertz CT molecular complexity index is 423. The number of likely N-dealkylation sites (N-methyl/N-ethyl adjacent to an activating group) is 1. The number of carbonyl (C=O) groups excluding carboxylic acids is 2. The number of amides is 2. The molecule has 2 heterocycles. The zero-order valence-corrected chi connectivity index (χ0v) is 11.7. The lowest BCUT2D eigenvalue weighted by molar-refractivity contribution is -0.157. The third-order valence-corrected chi connectivity index (χ3v) is 3.83. The number of nitrogens with zero attached hydrogens (tertiary/aromatic N) is 2. The van der Waals surface area contributed by atoms with Crippen LogP contribution in [0.15, 0.2) is 0 Å². The van der Waals surface area contributed by atoms with Crippen molar-refractivity contribution < 1.29 is 24.2 Å². The molecule has 0 bridgehead atoms. The first-order valence-electron chi connectivity index (χ1n) is 6.81. The summed E-state index contributed by atoms with van der Waals surface area (Å²) in [4.78, 5) is 38.3. The molecule has 0 aromatic heterocycles. The van der Waals surface area contributed by atoms with Gasteiger partial charge in [0.15, 0.2) is 6.10 Å². The van der Waals surface area contributed by atoms with Crippen molar-refractivity contribution in [2.45, 2.75) is 43.9 Å². The van der Waals surface area contributed by atoms with Crippen molar-refractivity contribution in [1.82, 2.24) is 9.80 Å². The predicted molar refractivity (Wildman–Crippen MR) is 69.0 cm³/mol. The van der Waals surface area contributed by atoms with Gasteiger partial charge in [-0.3, -0.25) is 9.59 Å². The Balaban J connectivity index is 2.02. The van der Waals surface area contributed by atoms with E-state index >= 15 is 0 Å². The largest absolute Gasteiger partial charge is 0.479 e. The highest BCUT2D eigenvalue weighted by molar-refractivity contribution is 5.90. The number of aliphatic carboxylic acids is 1. The van der Waals surface area contributed by atoms with E-state index in [2.05, 4.69) is 0 Å². The van der Waals surface area contributed by atoms with Gasteiger partial charge in [0, 0.05) is 20.6 Å². The van der Waals surface area contributed by atoms with Gasteiger partial charge in [0.25, 0.3) is 5.91 Å². The molecule has 2 amide bonds. The number of ether oxygens (including phenoxy) is 1. The average molecular weight is 284 g/mol. The van der Waals surface area contributed by atoms with E-state index in [4.69, 9.17) is 9.84 Å². The molecule has 20 heavy (non-hydrogen) atoms. The summed E-state index contributed by atoms with van der Waals surface area (Å²) in [6.45, 7) is 0.528. The second-order valence-corrected chi connectivity index (χ2v) is 5.45. The number of hydrogen-bond acceptors (Lipinski definition) is 4. The Morgan fingerprint density at radius 2 is 1.80 bits per heavy atom. The van der Waals surface area contributed by atoms with E-state index in [0.717, 1.165) is 6.42 Å². The van der Waals surface area contributed by atoms with Crippen molar-refractivity contribution in [2.75, 3.05) is 20.6 Å². The first-order valence-corrected chi connectivity index (χ1v) is 6.81. The molecule has 0 spiro atoms. The molecule has 0 aliphatic carbocycles. The van der Waals surface area contributed by atoms with Gasteiger partial charge in [0.05, 0.1) is 0 Å². The number of carboxylic acid groups (broad SMARTS) is 1. The Labute approximate surface area is 117 Å². The van der Waals surface area contributed by atoms with Crippen molar-refractivity contribution >= 4 is 17.8 Å². The van der Waals surface area contributed by atoms with E-state index in [-0.39, 0.29) is 11.8 Å². The fraction of sp³-hybridized carbons (Fsp3) is 0.769. The second kappa shape index (κ2) is 5.78. The zero-order chi connectivity index (χ0) is 14.9. The maximum atomic E-state index is 12.4. The van der Waals surface area contributed by atoms with Gasteiger partial charge in [0.1, 0.15) is 12.1 Å². The highest BCUT2D eigenvalue weighted by atomic mass is 16.5. The number of rotatable bonds is 3. The SMILES string of the molecule is CN(C)C(=O)C1CCCN1C(=O)C1CCC(C(=O)O)O1. The first-order chi connectivity index (χ1) is 9.41. The van der Waals surface area contributed by atoms with Crippen molar-refractivity contribution in [3.05, 3.63) is 0 Å². The number of hydrogen-bond donors (Lipinski definition) is 1. The zero-order valence-electron chi connectivity index (χ0n) is 11.7. The maximum absolute atomic E-state index is 12.4. The van der Waals surface area contributed by atoms with Crippen molar-refractivity contribution in [3.63, 3.8) is 0 Å². The summed E-state index contributed by atoms with van der Waals surface area (Å²) < 4.78 is 5.27. The van der Waals surface area contributed by atoms with Gasteiger partial charge in [-0.2, -0.15) is 0 Å². The van der Waals surface area contributed by atoms with Gasteiger partial charge in [-0.1, -0.05) is 0 Å². The second-order valence-electron chi connectivity index (χ2n) is 5.45. The molecule has 7 heteroatoms. The number of carboxylic acids is 1. The van der Waals surface area contributed by atoms with Crippen LogP contribution in [0.3, 0.4) is 0 Å². The van der Waals surface area contributed by atoms with E-state index in [9.17, 15) is 14.4 Å². The minimum absolute atomic E-state index is 0.0939. The lowest BCUT2D eigenvalue weighted by atomic mass is 10.1. The molecule has 0 saturated carbocycles. The summed E-state index contributed by atoms with van der Waals surface area (Å²) in [5.74, 6) is -1.39. The van der Waals surface area contributed by atoms with Crippen LogP contribution >= 0.6 is 0 Å². The van der Waals surface area contributed by atoms with Gasteiger partial charge in [-0.25, -0.2) is 4.79 Å². The van der Waals surface area contributed by atoms with Crippen LogP contribution in [0.25, 0.3) is 0 Å². The third kappa shape index (κ3) is 2.77. The molecule has 2 aliphatic rings. The Kier molecular flexibility index (Phi) is 4.27.